The molecule has 2 rings (SSSR count). The minimum Gasteiger partial charge on any atom is -0.352 e. The molecule has 2 amide bonds. The van der Waals surface area contributed by atoms with E-state index >= 15 is 0 Å². The molecule has 0 spiro atoms. The molecule has 0 bridgehead atoms. The van der Waals surface area contributed by atoms with Crippen molar-refractivity contribution in [1.29, 1.82) is 0 Å². The fourth-order valence-corrected chi connectivity index (χ4v) is 4.56. The summed E-state index contributed by atoms with van der Waals surface area (Å²) in [7, 11) is 0. The molecule has 0 aromatic heterocycles. The largest absolute Gasteiger partial charge is 0.352 e. The summed E-state index contributed by atoms with van der Waals surface area (Å²) in [4.78, 5) is 27.4. The summed E-state index contributed by atoms with van der Waals surface area (Å²) in [5, 5.41) is 4.54. The van der Waals surface area contributed by atoms with Crippen LogP contribution in [0.2, 0.25) is 15.1 Å². The minimum atomic E-state index is -0.672. The molecule has 0 heterocycles. The van der Waals surface area contributed by atoms with Crippen LogP contribution < -0.4 is 5.32 Å². The molecule has 4 nitrogen and oxygen atoms in total. The van der Waals surface area contributed by atoms with Crippen LogP contribution >= 0.6 is 46.6 Å². The zero-order chi connectivity index (χ0) is 23.0. The second-order valence-electron chi connectivity index (χ2n) is 7.30. The lowest BCUT2D eigenvalue weighted by molar-refractivity contribution is -0.138. The summed E-state index contributed by atoms with van der Waals surface area (Å²) in [6.07, 6.45) is 0.802. The predicted octanol–water partition coefficient (Wildman–Crippen LogP) is 6.21. The number of hydrogen-bond donors (Lipinski definition) is 1. The number of carbonyl (C=O) groups is 2. The first-order valence-corrected chi connectivity index (χ1v) is 12.4. The van der Waals surface area contributed by atoms with E-state index < -0.39 is 6.04 Å². The Morgan fingerprint density at radius 2 is 1.61 bits per heavy atom. The normalized spacial score (nSPS) is 12.8. The lowest BCUT2D eigenvalue weighted by Gasteiger charge is -2.30. The van der Waals surface area contributed by atoms with E-state index in [0.717, 1.165) is 12.0 Å². The number of rotatable bonds is 10. The fourth-order valence-electron chi connectivity index (χ4n) is 2.85. The molecule has 2 aromatic carbocycles. The van der Waals surface area contributed by atoms with Crippen LogP contribution in [0.25, 0.3) is 0 Å². The van der Waals surface area contributed by atoms with E-state index in [9.17, 15) is 9.59 Å². The van der Waals surface area contributed by atoms with Crippen molar-refractivity contribution in [3.05, 3.63) is 68.7 Å². The molecule has 0 saturated heterocycles. The number of amides is 2. The number of carbonyl (C=O) groups excluding carboxylic acids is 2. The maximum atomic E-state index is 13.2. The van der Waals surface area contributed by atoms with Gasteiger partial charge in [-0.15, -0.1) is 11.8 Å². The van der Waals surface area contributed by atoms with E-state index in [-0.39, 0.29) is 30.2 Å². The van der Waals surface area contributed by atoms with Gasteiger partial charge in [0, 0.05) is 39.0 Å². The fraction of sp³-hybridized carbons (Fsp3) is 0.391. The Balaban J connectivity index is 2.16. The van der Waals surface area contributed by atoms with E-state index in [1.165, 1.54) is 16.7 Å². The van der Waals surface area contributed by atoms with E-state index in [1.54, 1.807) is 25.1 Å². The first kappa shape index (κ1) is 25.9. The number of benzene rings is 2. The van der Waals surface area contributed by atoms with Gasteiger partial charge in [0.2, 0.25) is 11.8 Å². The van der Waals surface area contributed by atoms with Gasteiger partial charge >= 0.3 is 0 Å². The van der Waals surface area contributed by atoms with Crippen molar-refractivity contribution in [3.63, 3.8) is 0 Å². The van der Waals surface area contributed by atoms with Crippen LogP contribution in [0.3, 0.4) is 0 Å². The first-order valence-electron chi connectivity index (χ1n) is 10.1. The summed E-state index contributed by atoms with van der Waals surface area (Å²) in [6.45, 7) is 5.80. The van der Waals surface area contributed by atoms with Crippen molar-refractivity contribution in [2.24, 2.45) is 0 Å². The van der Waals surface area contributed by atoms with Crippen molar-refractivity contribution >= 4 is 58.4 Å². The second-order valence-corrected chi connectivity index (χ2v) is 9.51. The van der Waals surface area contributed by atoms with Crippen LogP contribution in [0.5, 0.6) is 0 Å². The second kappa shape index (κ2) is 12.6. The number of halogens is 3. The smallest absolute Gasteiger partial charge is 0.242 e. The third kappa shape index (κ3) is 7.60. The number of hydrogen-bond acceptors (Lipinski definition) is 3. The molecule has 0 unspecified atom stereocenters. The average molecular weight is 502 g/mol. The van der Waals surface area contributed by atoms with E-state index in [2.05, 4.69) is 5.32 Å². The van der Waals surface area contributed by atoms with Gasteiger partial charge in [-0.25, -0.2) is 0 Å². The lowest BCUT2D eigenvalue weighted by Crippen LogP contribution is -2.50. The van der Waals surface area contributed by atoms with E-state index in [1.807, 2.05) is 38.1 Å². The van der Waals surface area contributed by atoms with Gasteiger partial charge in [-0.3, -0.25) is 9.59 Å². The average Bonchev–Trinajstić information content (AvgIpc) is 2.74. The van der Waals surface area contributed by atoms with Crippen LogP contribution in [0.1, 0.15) is 38.3 Å². The van der Waals surface area contributed by atoms with Gasteiger partial charge in [0.25, 0.3) is 0 Å². The highest BCUT2D eigenvalue weighted by atomic mass is 35.5. The molecule has 0 aliphatic rings. The molecule has 2 aromatic rings. The quantitative estimate of drug-likeness (QED) is 0.421. The zero-order valence-electron chi connectivity index (χ0n) is 17.8. The van der Waals surface area contributed by atoms with Crippen molar-refractivity contribution in [2.45, 2.75) is 51.6 Å². The van der Waals surface area contributed by atoms with Crippen LogP contribution in [0.4, 0.5) is 0 Å². The van der Waals surface area contributed by atoms with Gasteiger partial charge in [0.1, 0.15) is 6.04 Å². The number of nitrogens with zero attached hydrogens (tertiary/aromatic N) is 1. The zero-order valence-corrected chi connectivity index (χ0v) is 20.9. The topological polar surface area (TPSA) is 49.4 Å². The molecular formula is C23H27Cl3N2O2S. The first-order chi connectivity index (χ1) is 14.7. The third-order valence-electron chi connectivity index (χ3n) is 5.00. The van der Waals surface area contributed by atoms with Crippen molar-refractivity contribution in [3.8, 4) is 0 Å². The summed E-state index contributed by atoms with van der Waals surface area (Å²) < 4.78 is 0. The molecule has 31 heavy (non-hydrogen) atoms. The highest BCUT2D eigenvalue weighted by Crippen LogP contribution is 2.27. The Bertz CT molecular complexity index is 890. The van der Waals surface area contributed by atoms with Crippen LogP contribution in [0, 0.1) is 0 Å². The predicted molar refractivity (Wildman–Crippen MR) is 132 cm³/mol. The molecule has 8 heteroatoms. The summed E-state index contributed by atoms with van der Waals surface area (Å²) in [6, 6.07) is 12.1. The summed E-state index contributed by atoms with van der Waals surface area (Å²) >= 11 is 20.3. The maximum Gasteiger partial charge on any atom is 0.242 e. The highest BCUT2D eigenvalue weighted by molar-refractivity contribution is 7.99. The van der Waals surface area contributed by atoms with Crippen molar-refractivity contribution in [1.82, 2.24) is 10.2 Å². The lowest BCUT2D eigenvalue weighted by atomic mass is 10.1. The Hall–Kier alpha value is -1.40. The van der Waals surface area contributed by atoms with Gasteiger partial charge in [-0.05, 0) is 44.0 Å². The Kier molecular flexibility index (Phi) is 10.5. The number of thioether (sulfide) groups is 1. The molecule has 0 aliphatic heterocycles. The molecule has 2 atom stereocenters. The Morgan fingerprint density at radius 3 is 2.23 bits per heavy atom. The minimum absolute atomic E-state index is 0.0189. The molecule has 0 radical (unpaired) electrons. The standard InChI is InChI=1S/C23H27Cl3N2O2S/c1-4-15(2)27-23(30)16(3)28(12-18-20(25)10-7-11-21(18)26)22(29)14-31-13-17-8-5-6-9-19(17)24/h5-11,15-16H,4,12-14H2,1-3H3,(H,27,30)/t15-,16-/m0/s1. The van der Waals surface area contributed by atoms with Crippen molar-refractivity contribution in [2.75, 3.05) is 5.75 Å². The monoisotopic (exact) mass is 500 g/mol. The van der Waals surface area contributed by atoms with Gasteiger partial charge in [0.05, 0.1) is 5.75 Å². The molecule has 168 valence electrons. The van der Waals surface area contributed by atoms with Crippen LogP contribution in [0.15, 0.2) is 42.5 Å². The SMILES string of the molecule is CC[C@H](C)NC(=O)[C@H](C)N(Cc1c(Cl)cccc1Cl)C(=O)CSCc1ccccc1Cl. The molecule has 1 N–H and O–H groups in total. The Labute approximate surface area is 203 Å². The van der Waals surface area contributed by atoms with Gasteiger partial charge in [-0.1, -0.05) is 66.0 Å². The van der Waals surface area contributed by atoms with Gasteiger partial charge in [0.15, 0.2) is 0 Å². The maximum absolute atomic E-state index is 13.2. The molecule has 0 aliphatic carbocycles. The van der Waals surface area contributed by atoms with Crippen LogP contribution in [-0.2, 0) is 21.9 Å². The molecule has 0 saturated carbocycles. The summed E-state index contributed by atoms with van der Waals surface area (Å²) in [5.41, 5.74) is 1.59. The Morgan fingerprint density at radius 1 is 1.00 bits per heavy atom. The highest BCUT2D eigenvalue weighted by Gasteiger charge is 2.28. The van der Waals surface area contributed by atoms with E-state index in [0.29, 0.717) is 26.4 Å². The van der Waals surface area contributed by atoms with Gasteiger partial charge in [-0.2, -0.15) is 0 Å². The number of nitrogens with one attached hydrogen (secondary N) is 1. The molecule has 0 fully saturated rings. The summed E-state index contributed by atoms with van der Waals surface area (Å²) in [5.74, 6) is 0.426. The van der Waals surface area contributed by atoms with E-state index in [4.69, 9.17) is 34.8 Å². The van der Waals surface area contributed by atoms with Crippen molar-refractivity contribution < 1.29 is 9.59 Å². The molecular weight excluding hydrogens is 475 g/mol. The van der Waals surface area contributed by atoms with Gasteiger partial charge < -0.3 is 10.2 Å². The van der Waals surface area contributed by atoms with Crippen LogP contribution in [-0.4, -0.2) is 34.6 Å². The third-order valence-corrected chi connectivity index (χ3v) is 7.04.